The lowest BCUT2D eigenvalue weighted by atomic mass is 9.94. The molecule has 104 valence electrons. The van der Waals surface area contributed by atoms with Crippen molar-refractivity contribution in [1.29, 1.82) is 0 Å². The van der Waals surface area contributed by atoms with Crippen LogP contribution in [0.25, 0.3) is 0 Å². The van der Waals surface area contributed by atoms with Gasteiger partial charge in [0.2, 0.25) is 5.91 Å². The fourth-order valence-electron chi connectivity index (χ4n) is 2.58. The number of carbonyl (C=O) groups excluding carboxylic acids is 1. The smallest absolute Gasteiger partial charge is 0.226 e. The zero-order valence-electron chi connectivity index (χ0n) is 11.8. The maximum atomic E-state index is 12.1. The Hall–Kier alpha value is -1.35. The first-order valence-corrected chi connectivity index (χ1v) is 7.24. The van der Waals surface area contributed by atoms with Crippen LogP contribution in [0.2, 0.25) is 0 Å². The van der Waals surface area contributed by atoms with Crippen molar-refractivity contribution in [3.8, 4) is 0 Å². The normalized spacial score (nSPS) is 16.3. The van der Waals surface area contributed by atoms with Crippen molar-refractivity contribution in [2.45, 2.75) is 25.7 Å². The Morgan fingerprint density at radius 2 is 1.95 bits per heavy atom. The summed E-state index contributed by atoms with van der Waals surface area (Å²) in [5, 5.41) is 3.38. The van der Waals surface area contributed by atoms with Gasteiger partial charge < -0.3 is 10.2 Å². The predicted molar refractivity (Wildman–Crippen MR) is 78.0 cm³/mol. The number of piperidine rings is 1. The first kappa shape index (κ1) is 14.1. The van der Waals surface area contributed by atoms with Crippen molar-refractivity contribution >= 4 is 5.91 Å². The van der Waals surface area contributed by atoms with E-state index in [9.17, 15) is 4.79 Å². The molecule has 0 aromatic heterocycles. The SMILES string of the molecule is CN(CCC1CCNCC1)C(=O)Cc1ccccc1. The topological polar surface area (TPSA) is 32.3 Å². The van der Waals surface area contributed by atoms with Gasteiger partial charge in [-0.15, -0.1) is 0 Å². The Kier molecular flexibility index (Phi) is 5.40. The third kappa shape index (κ3) is 4.67. The lowest BCUT2D eigenvalue weighted by Gasteiger charge is -2.25. The summed E-state index contributed by atoms with van der Waals surface area (Å²) in [6.45, 7) is 3.15. The van der Waals surface area contributed by atoms with Crippen molar-refractivity contribution in [2.24, 2.45) is 5.92 Å². The van der Waals surface area contributed by atoms with Crippen molar-refractivity contribution in [3.05, 3.63) is 35.9 Å². The average molecular weight is 260 g/mol. The van der Waals surface area contributed by atoms with E-state index in [2.05, 4.69) is 5.32 Å². The van der Waals surface area contributed by atoms with E-state index >= 15 is 0 Å². The van der Waals surface area contributed by atoms with Gasteiger partial charge in [0.25, 0.3) is 0 Å². The van der Waals surface area contributed by atoms with Crippen molar-refractivity contribution in [3.63, 3.8) is 0 Å². The molecule has 0 unspecified atom stereocenters. The number of likely N-dealkylation sites (N-methyl/N-ethyl adjacent to an activating group) is 1. The fourth-order valence-corrected chi connectivity index (χ4v) is 2.58. The Morgan fingerprint density at radius 1 is 1.26 bits per heavy atom. The number of amides is 1. The van der Waals surface area contributed by atoms with Crippen LogP contribution in [-0.4, -0.2) is 37.5 Å². The quantitative estimate of drug-likeness (QED) is 0.879. The van der Waals surface area contributed by atoms with Crippen LogP contribution in [0.4, 0.5) is 0 Å². The standard InChI is InChI=1S/C16H24N2O/c1-18(12-9-14-7-10-17-11-8-14)16(19)13-15-5-3-2-4-6-15/h2-6,14,17H,7-13H2,1H3. The van der Waals surface area contributed by atoms with E-state index in [0.717, 1.165) is 37.5 Å². The molecule has 0 radical (unpaired) electrons. The van der Waals surface area contributed by atoms with Crippen molar-refractivity contribution in [1.82, 2.24) is 10.2 Å². The molecule has 1 N–H and O–H groups in total. The highest BCUT2D eigenvalue weighted by Crippen LogP contribution is 2.16. The van der Waals surface area contributed by atoms with Crippen molar-refractivity contribution < 1.29 is 4.79 Å². The summed E-state index contributed by atoms with van der Waals surface area (Å²) >= 11 is 0. The lowest BCUT2D eigenvalue weighted by Crippen LogP contribution is -2.33. The van der Waals surface area contributed by atoms with Crippen LogP contribution in [-0.2, 0) is 11.2 Å². The van der Waals surface area contributed by atoms with Gasteiger partial charge in [0.1, 0.15) is 0 Å². The van der Waals surface area contributed by atoms with Crippen LogP contribution >= 0.6 is 0 Å². The molecule has 1 fully saturated rings. The van der Waals surface area contributed by atoms with Crippen LogP contribution in [0, 0.1) is 5.92 Å². The number of nitrogens with one attached hydrogen (secondary N) is 1. The Balaban J connectivity index is 1.73. The zero-order valence-corrected chi connectivity index (χ0v) is 11.8. The molecule has 0 saturated carbocycles. The monoisotopic (exact) mass is 260 g/mol. The number of hydrogen-bond donors (Lipinski definition) is 1. The second-order valence-corrected chi connectivity index (χ2v) is 5.46. The molecule has 3 heteroatoms. The Morgan fingerprint density at radius 3 is 2.63 bits per heavy atom. The minimum Gasteiger partial charge on any atom is -0.345 e. The van der Waals surface area contributed by atoms with E-state index in [0.29, 0.717) is 6.42 Å². The molecule has 0 atom stereocenters. The van der Waals surface area contributed by atoms with Crippen LogP contribution in [0.15, 0.2) is 30.3 Å². The molecule has 1 aliphatic heterocycles. The molecule has 19 heavy (non-hydrogen) atoms. The molecular formula is C16H24N2O. The summed E-state index contributed by atoms with van der Waals surface area (Å²) in [4.78, 5) is 14.0. The van der Waals surface area contributed by atoms with E-state index in [1.54, 1.807) is 0 Å². The van der Waals surface area contributed by atoms with E-state index in [4.69, 9.17) is 0 Å². The third-order valence-corrected chi connectivity index (χ3v) is 3.96. The van der Waals surface area contributed by atoms with Crippen LogP contribution < -0.4 is 5.32 Å². The summed E-state index contributed by atoms with van der Waals surface area (Å²) in [5.74, 6) is 1.01. The number of hydrogen-bond acceptors (Lipinski definition) is 2. The summed E-state index contributed by atoms with van der Waals surface area (Å²) in [6.07, 6.45) is 4.16. The van der Waals surface area contributed by atoms with Crippen LogP contribution in [0.3, 0.4) is 0 Å². The van der Waals surface area contributed by atoms with E-state index in [1.165, 1.54) is 12.8 Å². The first-order valence-electron chi connectivity index (χ1n) is 7.24. The molecule has 0 spiro atoms. The van der Waals surface area contributed by atoms with Gasteiger partial charge in [-0.25, -0.2) is 0 Å². The summed E-state index contributed by atoms with van der Waals surface area (Å²) in [7, 11) is 1.92. The summed E-state index contributed by atoms with van der Waals surface area (Å²) in [5.41, 5.74) is 1.10. The van der Waals surface area contributed by atoms with Crippen molar-refractivity contribution in [2.75, 3.05) is 26.7 Å². The third-order valence-electron chi connectivity index (χ3n) is 3.96. The highest BCUT2D eigenvalue weighted by atomic mass is 16.2. The molecular weight excluding hydrogens is 236 g/mol. The minimum atomic E-state index is 0.222. The average Bonchev–Trinajstić information content (AvgIpc) is 2.47. The molecule has 0 aliphatic carbocycles. The summed E-state index contributed by atoms with van der Waals surface area (Å²) in [6, 6.07) is 9.97. The van der Waals surface area contributed by atoms with Gasteiger partial charge in [-0.1, -0.05) is 30.3 Å². The van der Waals surface area contributed by atoms with Crippen LogP contribution in [0.5, 0.6) is 0 Å². The zero-order chi connectivity index (χ0) is 13.5. The second-order valence-electron chi connectivity index (χ2n) is 5.46. The van der Waals surface area contributed by atoms with E-state index in [-0.39, 0.29) is 5.91 Å². The van der Waals surface area contributed by atoms with Gasteiger partial charge in [-0.3, -0.25) is 4.79 Å². The number of rotatable bonds is 5. The molecule has 2 rings (SSSR count). The highest BCUT2D eigenvalue weighted by Gasteiger charge is 2.15. The number of nitrogens with zero attached hydrogens (tertiary/aromatic N) is 1. The van der Waals surface area contributed by atoms with E-state index < -0.39 is 0 Å². The number of carbonyl (C=O) groups is 1. The maximum Gasteiger partial charge on any atom is 0.226 e. The fraction of sp³-hybridized carbons (Fsp3) is 0.562. The molecule has 1 amide bonds. The molecule has 1 saturated heterocycles. The van der Waals surface area contributed by atoms with Crippen LogP contribution in [0.1, 0.15) is 24.8 Å². The lowest BCUT2D eigenvalue weighted by molar-refractivity contribution is -0.129. The van der Waals surface area contributed by atoms with Gasteiger partial charge >= 0.3 is 0 Å². The Bertz CT molecular complexity index is 385. The molecule has 1 aromatic rings. The van der Waals surface area contributed by atoms with Gasteiger partial charge in [0, 0.05) is 13.6 Å². The molecule has 1 aliphatic rings. The molecule has 1 heterocycles. The largest absolute Gasteiger partial charge is 0.345 e. The number of benzene rings is 1. The van der Waals surface area contributed by atoms with Gasteiger partial charge in [0.05, 0.1) is 6.42 Å². The Labute approximate surface area is 116 Å². The molecule has 1 aromatic carbocycles. The minimum absolute atomic E-state index is 0.222. The molecule has 0 bridgehead atoms. The second kappa shape index (κ2) is 7.29. The maximum absolute atomic E-state index is 12.1. The van der Waals surface area contributed by atoms with Gasteiger partial charge in [-0.2, -0.15) is 0 Å². The summed E-state index contributed by atoms with van der Waals surface area (Å²) < 4.78 is 0. The van der Waals surface area contributed by atoms with Gasteiger partial charge in [0.15, 0.2) is 0 Å². The molecule has 3 nitrogen and oxygen atoms in total. The van der Waals surface area contributed by atoms with Gasteiger partial charge in [-0.05, 0) is 43.8 Å². The predicted octanol–water partition coefficient (Wildman–Crippen LogP) is 2.08. The van der Waals surface area contributed by atoms with E-state index in [1.807, 2.05) is 42.3 Å². The first-order chi connectivity index (χ1) is 9.25. The highest BCUT2D eigenvalue weighted by molar-refractivity contribution is 5.78.